The number of aromatic nitrogens is 4. The summed E-state index contributed by atoms with van der Waals surface area (Å²) in [5.41, 5.74) is 5.04. The predicted octanol–water partition coefficient (Wildman–Crippen LogP) is 2.53. The Morgan fingerprint density at radius 3 is 1.57 bits per heavy atom. The molecule has 3 heterocycles. The molecule has 30 heavy (non-hydrogen) atoms. The van der Waals surface area contributed by atoms with Crippen molar-refractivity contribution in [3.63, 3.8) is 0 Å². The molecule has 4 aromatic rings. The van der Waals surface area contributed by atoms with Crippen molar-refractivity contribution in [2.24, 2.45) is 0 Å². The second kappa shape index (κ2) is 8.20. The van der Waals surface area contributed by atoms with E-state index in [9.17, 15) is 0 Å². The first-order valence-electron chi connectivity index (χ1n) is 10.9. The van der Waals surface area contributed by atoms with Gasteiger partial charge in [-0.1, -0.05) is 24.3 Å². The summed E-state index contributed by atoms with van der Waals surface area (Å²) in [6.45, 7) is 10.6. The Kier molecular flexibility index (Phi) is 5.27. The minimum atomic E-state index is 0.703. The maximum Gasteiger partial charge on any atom is 0.254 e. The van der Waals surface area contributed by atoms with Gasteiger partial charge in [-0.05, 0) is 24.3 Å². The van der Waals surface area contributed by atoms with Gasteiger partial charge >= 0.3 is 0 Å². The van der Waals surface area contributed by atoms with Crippen LogP contribution >= 0.6 is 0 Å². The molecule has 6 nitrogen and oxygen atoms in total. The number of para-hydroxylation sites is 4. The fourth-order valence-electron chi connectivity index (χ4n) is 4.79. The molecule has 0 aliphatic carbocycles. The Morgan fingerprint density at radius 2 is 1.07 bits per heavy atom. The van der Waals surface area contributed by atoms with Crippen LogP contribution in [0.5, 0.6) is 0 Å². The highest BCUT2D eigenvalue weighted by Crippen LogP contribution is 2.16. The van der Waals surface area contributed by atoms with Crippen LogP contribution < -0.4 is 9.13 Å². The zero-order valence-corrected chi connectivity index (χ0v) is 17.9. The summed E-state index contributed by atoms with van der Waals surface area (Å²) in [4.78, 5) is 0. The van der Waals surface area contributed by atoms with Crippen LogP contribution in [0.3, 0.4) is 0 Å². The third-order valence-corrected chi connectivity index (χ3v) is 6.33. The molecule has 2 aromatic carbocycles. The van der Waals surface area contributed by atoms with Gasteiger partial charge in [-0.3, -0.25) is 0 Å². The molecule has 1 aliphatic heterocycles. The van der Waals surface area contributed by atoms with Gasteiger partial charge in [0.1, 0.15) is 26.2 Å². The van der Waals surface area contributed by atoms with Crippen LogP contribution in [0.15, 0.2) is 48.5 Å². The molecular weight excluding hydrogens is 376 g/mol. The highest BCUT2D eigenvalue weighted by molar-refractivity contribution is 5.72. The predicted molar refractivity (Wildman–Crippen MR) is 115 cm³/mol. The lowest BCUT2D eigenvalue weighted by Gasteiger charge is -2.07. The third-order valence-electron chi connectivity index (χ3n) is 6.33. The molecule has 0 fully saturated rings. The monoisotopic (exact) mass is 406 g/mol. The highest BCUT2D eigenvalue weighted by Gasteiger charge is 2.23. The largest absolute Gasteiger partial charge is 0.373 e. The van der Waals surface area contributed by atoms with Crippen molar-refractivity contribution in [2.75, 3.05) is 26.4 Å². The fraction of sp³-hybridized carbons (Fsp3) is 0.417. The van der Waals surface area contributed by atoms with Gasteiger partial charge in [0, 0.05) is 13.8 Å². The molecule has 0 unspecified atom stereocenters. The zero-order chi connectivity index (χ0) is 20.5. The van der Waals surface area contributed by atoms with Gasteiger partial charge in [-0.25, -0.2) is 18.3 Å². The maximum atomic E-state index is 6.09. The zero-order valence-electron chi connectivity index (χ0n) is 17.9. The first-order chi connectivity index (χ1) is 14.8. The molecule has 1 aliphatic rings. The van der Waals surface area contributed by atoms with Crippen LogP contribution in [0.2, 0.25) is 0 Å². The van der Waals surface area contributed by atoms with Crippen molar-refractivity contribution in [1.29, 1.82) is 0 Å². The Hall–Kier alpha value is -2.70. The van der Waals surface area contributed by atoms with E-state index in [2.05, 4.69) is 80.6 Å². The number of benzene rings is 2. The third kappa shape index (κ3) is 3.30. The number of fused-ring (bicyclic) bond motifs is 10. The summed E-state index contributed by atoms with van der Waals surface area (Å²) in [5.74, 6) is 2.50. The number of hydrogen-bond donors (Lipinski definition) is 0. The van der Waals surface area contributed by atoms with Crippen molar-refractivity contribution < 1.29 is 18.6 Å². The summed E-state index contributed by atoms with van der Waals surface area (Å²) in [6, 6.07) is 17.2. The van der Waals surface area contributed by atoms with Crippen LogP contribution in [-0.4, -0.2) is 35.6 Å². The van der Waals surface area contributed by atoms with E-state index in [0.29, 0.717) is 26.4 Å². The normalized spacial score (nSPS) is 16.3. The van der Waals surface area contributed by atoms with Crippen molar-refractivity contribution in [2.45, 2.75) is 40.0 Å². The summed E-state index contributed by atoms with van der Waals surface area (Å²) < 4.78 is 21.6. The Morgan fingerprint density at radius 1 is 0.633 bits per heavy atom. The van der Waals surface area contributed by atoms with Crippen LogP contribution in [0.25, 0.3) is 22.1 Å². The van der Waals surface area contributed by atoms with E-state index < -0.39 is 0 Å². The standard InChI is InChI=1S/C24H30N4O2/c1-19-25-11-15-29-17-13-27-20(2)28(24-10-6-5-9-23(24)27)14-18-30-16-12-26(19)22-8-4-3-7-21(22)25/h3-10H,11-18H2,1-2H3/q+2. The Balaban J connectivity index is 1.45. The SMILES string of the molecule is Cc1n2c3ccccc3[n+]1CCOCC[n+]1c(C)n(c3ccccc31)CCOCC2. The molecule has 156 valence electrons. The van der Waals surface area contributed by atoms with E-state index in [4.69, 9.17) is 9.47 Å². The van der Waals surface area contributed by atoms with Crippen molar-refractivity contribution >= 4 is 22.1 Å². The average Bonchev–Trinajstić information content (AvgIpc) is 3.19. The molecule has 0 saturated carbocycles. The van der Waals surface area contributed by atoms with E-state index in [1.165, 1.54) is 33.7 Å². The van der Waals surface area contributed by atoms with Gasteiger partial charge in [0.25, 0.3) is 11.6 Å². The smallest absolute Gasteiger partial charge is 0.254 e. The lowest BCUT2D eigenvalue weighted by atomic mass is 10.3. The molecule has 0 amide bonds. The molecule has 0 atom stereocenters. The van der Waals surface area contributed by atoms with Crippen LogP contribution in [-0.2, 0) is 35.7 Å². The average molecular weight is 407 g/mol. The molecule has 0 N–H and O–H groups in total. The second-order valence-electron chi connectivity index (χ2n) is 7.90. The van der Waals surface area contributed by atoms with Gasteiger partial charge in [-0.2, -0.15) is 0 Å². The number of hydrogen-bond acceptors (Lipinski definition) is 2. The van der Waals surface area contributed by atoms with E-state index in [1.54, 1.807) is 0 Å². The molecule has 4 bridgehead atoms. The molecule has 0 spiro atoms. The summed E-state index contributed by atoms with van der Waals surface area (Å²) in [6.07, 6.45) is 0. The van der Waals surface area contributed by atoms with Gasteiger partial charge in [0.05, 0.1) is 26.4 Å². The summed E-state index contributed by atoms with van der Waals surface area (Å²) in [7, 11) is 0. The van der Waals surface area contributed by atoms with Gasteiger partial charge in [0.2, 0.25) is 0 Å². The lowest BCUT2D eigenvalue weighted by molar-refractivity contribution is -0.687. The van der Waals surface area contributed by atoms with E-state index in [0.717, 1.165) is 26.2 Å². The lowest BCUT2D eigenvalue weighted by Crippen LogP contribution is -2.41. The number of nitrogens with zero attached hydrogens (tertiary/aromatic N) is 4. The quantitative estimate of drug-likeness (QED) is 0.421. The topological polar surface area (TPSA) is 36.1 Å². The highest BCUT2D eigenvalue weighted by atomic mass is 16.5. The molecule has 6 heteroatoms. The molecule has 5 rings (SSSR count). The molecule has 0 radical (unpaired) electrons. The Bertz CT molecular complexity index is 1010. The van der Waals surface area contributed by atoms with Gasteiger partial charge < -0.3 is 9.47 Å². The molecule has 2 aromatic heterocycles. The van der Waals surface area contributed by atoms with Crippen molar-refractivity contribution in [3.05, 3.63) is 60.2 Å². The van der Waals surface area contributed by atoms with Gasteiger partial charge in [0.15, 0.2) is 22.1 Å². The van der Waals surface area contributed by atoms with E-state index in [-0.39, 0.29) is 0 Å². The number of ether oxygens (including phenoxy) is 2. The maximum absolute atomic E-state index is 6.09. The van der Waals surface area contributed by atoms with E-state index in [1.807, 2.05) is 0 Å². The van der Waals surface area contributed by atoms with Gasteiger partial charge in [-0.15, -0.1) is 0 Å². The van der Waals surface area contributed by atoms with E-state index >= 15 is 0 Å². The minimum Gasteiger partial charge on any atom is -0.373 e. The van der Waals surface area contributed by atoms with Crippen LogP contribution in [0.1, 0.15) is 11.6 Å². The first kappa shape index (κ1) is 19.3. The molecular formula is C24H30N4O2+2. The van der Waals surface area contributed by atoms with Crippen molar-refractivity contribution in [3.8, 4) is 0 Å². The summed E-state index contributed by atoms with van der Waals surface area (Å²) >= 11 is 0. The van der Waals surface area contributed by atoms with Crippen LogP contribution in [0, 0.1) is 13.8 Å². The first-order valence-corrected chi connectivity index (χ1v) is 10.9. The number of rotatable bonds is 0. The Labute approximate surface area is 176 Å². The van der Waals surface area contributed by atoms with Crippen molar-refractivity contribution in [1.82, 2.24) is 9.13 Å². The minimum absolute atomic E-state index is 0.703. The summed E-state index contributed by atoms with van der Waals surface area (Å²) in [5, 5.41) is 0. The van der Waals surface area contributed by atoms with Crippen LogP contribution in [0.4, 0.5) is 0 Å². The second-order valence-corrected chi connectivity index (χ2v) is 7.90. The number of imidazole rings is 2. The fourth-order valence-corrected chi connectivity index (χ4v) is 4.79. The molecule has 0 saturated heterocycles.